The maximum absolute atomic E-state index is 13.1. The van der Waals surface area contributed by atoms with E-state index in [1.165, 1.54) is 0 Å². The maximum Gasteiger partial charge on any atom is 0.274 e. The normalized spacial score (nSPS) is 27.4. The molecule has 0 spiro atoms. The van der Waals surface area contributed by atoms with Crippen LogP contribution in [-0.4, -0.2) is 58.7 Å². The van der Waals surface area contributed by atoms with Crippen molar-refractivity contribution in [1.82, 2.24) is 14.3 Å². The number of aryl methyl sites for hydroxylation is 1. The van der Waals surface area contributed by atoms with Crippen molar-refractivity contribution < 1.29 is 14.3 Å². The van der Waals surface area contributed by atoms with E-state index in [0.717, 1.165) is 24.2 Å². The summed E-state index contributed by atoms with van der Waals surface area (Å²) in [5, 5.41) is 0. The minimum absolute atomic E-state index is 0.00116. The Balaban J connectivity index is 1.66. The van der Waals surface area contributed by atoms with Crippen LogP contribution in [0.2, 0.25) is 0 Å². The molecule has 23 heavy (non-hydrogen) atoms. The quantitative estimate of drug-likeness (QED) is 0.846. The number of fused-ring (bicyclic) bond motifs is 2. The van der Waals surface area contributed by atoms with Crippen molar-refractivity contribution in [1.29, 1.82) is 0 Å². The monoisotopic (exact) mass is 315 g/mol. The average Bonchev–Trinajstić information content (AvgIpc) is 3.15. The number of ether oxygens (including phenoxy) is 2. The van der Waals surface area contributed by atoms with Crippen LogP contribution in [0.25, 0.3) is 5.65 Å². The molecule has 2 aromatic rings. The first-order chi connectivity index (χ1) is 11.2. The van der Waals surface area contributed by atoms with Gasteiger partial charge in [-0.15, -0.1) is 0 Å². The molecule has 1 amide bonds. The molecule has 1 saturated carbocycles. The largest absolute Gasteiger partial charge is 0.379 e. The van der Waals surface area contributed by atoms with Crippen molar-refractivity contribution in [2.45, 2.75) is 38.0 Å². The number of rotatable bonds is 2. The van der Waals surface area contributed by atoms with Crippen LogP contribution in [0.15, 0.2) is 24.4 Å². The summed E-state index contributed by atoms with van der Waals surface area (Å²) in [6, 6.07) is 5.88. The summed E-state index contributed by atoms with van der Waals surface area (Å²) in [6.45, 7) is 3.11. The molecule has 1 aliphatic carbocycles. The lowest BCUT2D eigenvalue weighted by Crippen LogP contribution is -2.54. The fourth-order valence-electron chi connectivity index (χ4n) is 3.88. The lowest BCUT2D eigenvalue weighted by Gasteiger charge is -2.38. The van der Waals surface area contributed by atoms with Crippen LogP contribution in [0.3, 0.4) is 0 Å². The first-order valence-electron chi connectivity index (χ1n) is 8.09. The highest BCUT2D eigenvalue weighted by molar-refractivity contribution is 5.94. The van der Waals surface area contributed by atoms with Gasteiger partial charge in [0.05, 0.1) is 24.4 Å². The summed E-state index contributed by atoms with van der Waals surface area (Å²) >= 11 is 0. The van der Waals surface area contributed by atoms with Gasteiger partial charge in [0.15, 0.2) is 0 Å². The highest BCUT2D eigenvalue weighted by atomic mass is 16.5. The van der Waals surface area contributed by atoms with E-state index in [1.807, 2.05) is 40.6 Å². The SMILES string of the molecule is CO[C@@H]1CC[C@H]2[C@H]1OCCN2C(=O)c1nc2ccccn2c1C. The molecule has 0 N–H and O–H groups in total. The van der Waals surface area contributed by atoms with Gasteiger partial charge in [-0.05, 0) is 31.9 Å². The van der Waals surface area contributed by atoms with Crippen molar-refractivity contribution in [3.8, 4) is 0 Å². The standard InChI is InChI=1S/C17H21N3O3/c1-11-15(18-14-5-3-4-8-19(11)14)17(21)20-9-10-23-16-12(20)6-7-13(16)22-2/h3-5,8,12-13,16H,6-7,9-10H2,1-2H3/t12-,13+,16+/m0/s1. The van der Waals surface area contributed by atoms with Crippen LogP contribution in [0.5, 0.6) is 0 Å². The molecular weight excluding hydrogens is 294 g/mol. The molecule has 0 bridgehead atoms. The number of carbonyl (C=O) groups excluding carboxylic acids is 1. The average molecular weight is 315 g/mol. The summed E-state index contributed by atoms with van der Waals surface area (Å²) in [6.07, 6.45) is 3.85. The number of hydrogen-bond donors (Lipinski definition) is 0. The molecule has 0 unspecified atom stereocenters. The Morgan fingerprint density at radius 1 is 1.39 bits per heavy atom. The van der Waals surface area contributed by atoms with E-state index < -0.39 is 0 Å². The molecule has 3 heterocycles. The first kappa shape index (κ1) is 14.7. The fraction of sp³-hybridized carbons (Fsp3) is 0.529. The van der Waals surface area contributed by atoms with E-state index in [0.29, 0.717) is 18.8 Å². The number of carbonyl (C=O) groups is 1. The highest BCUT2D eigenvalue weighted by Gasteiger charge is 2.45. The Kier molecular flexibility index (Phi) is 3.58. The van der Waals surface area contributed by atoms with E-state index in [9.17, 15) is 4.79 Å². The molecule has 122 valence electrons. The topological polar surface area (TPSA) is 56.1 Å². The van der Waals surface area contributed by atoms with Gasteiger partial charge >= 0.3 is 0 Å². The lowest BCUT2D eigenvalue weighted by atomic mass is 10.1. The first-order valence-corrected chi connectivity index (χ1v) is 8.09. The van der Waals surface area contributed by atoms with Crippen molar-refractivity contribution in [3.05, 3.63) is 35.8 Å². The van der Waals surface area contributed by atoms with Gasteiger partial charge in [-0.25, -0.2) is 4.98 Å². The van der Waals surface area contributed by atoms with Crippen LogP contribution in [0.1, 0.15) is 29.0 Å². The van der Waals surface area contributed by atoms with Crippen LogP contribution >= 0.6 is 0 Å². The third-order valence-corrected chi connectivity index (χ3v) is 5.07. The van der Waals surface area contributed by atoms with Crippen LogP contribution in [0, 0.1) is 6.92 Å². The number of amides is 1. The van der Waals surface area contributed by atoms with E-state index in [2.05, 4.69) is 4.98 Å². The molecule has 0 radical (unpaired) electrons. The second-order valence-corrected chi connectivity index (χ2v) is 6.23. The van der Waals surface area contributed by atoms with Gasteiger partial charge in [-0.3, -0.25) is 4.79 Å². The predicted molar refractivity (Wildman–Crippen MR) is 84.5 cm³/mol. The Morgan fingerprint density at radius 2 is 2.26 bits per heavy atom. The second kappa shape index (κ2) is 5.62. The molecule has 1 saturated heterocycles. The van der Waals surface area contributed by atoms with Gasteiger partial charge in [-0.2, -0.15) is 0 Å². The molecule has 1 aliphatic heterocycles. The summed E-state index contributed by atoms with van der Waals surface area (Å²) in [5.74, 6) is 0.00116. The Hall–Kier alpha value is -1.92. The summed E-state index contributed by atoms with van der Waals surface area (Å²) in [7, 11) is 1.71. The van der Waals surface area contributed by atoms with E-state index in [4.69, 9.17) is 9.47 Å². The van der Waals surface area contributed by atoms with Crippen LogP contribution in [-0.2, 0) is 9.47 Å². The number of methoxy groups -OCH3 is 1. The second-order valence-electron chi connectivity index (χ2n) is 6.23. The zero-order chi connectivity index (χ0) is 16.0. The number of hydrogen-bond acceptors (Lipinski definition) is 4. The summed E-state index contributed by atoms with van der Waals surface area (Å²) in [4.78, 5) is 19.6. The van der Waals surface area contributed by atoms with Gasteiger partial charge in [-0.1, -0.05) is 6.07 Å². The molecule has 4 rings (SSSR count). The molecule has 2 aliphatic rings. The number of morpholine rings is 1. The summed E-state index contributed by atoms with van der Waals surface area (Å²) < 4.78 is 13.3. The minimum Gasteiger partial charge on any atom is -0.379 e. The Morgan fingerprint density at radius 3 is 3.04 bits per heavy atom. The minimum atomic E-state index is -0.0185. The van der Waals surface area contributed by atoms with Crippen molar-refractivity contribution >= 4 is 11.6 Å². The van der Waals surface area contributed by atoms with Gasteiger partial charge in [0, 0.05) is 19.9 Å². The fourth-order valence-corrected chi connectivity index (χ4v) is 3.88. The van der Waals surface area contributed by atoms with Crippen molar-refractivity contribution in [2.24, 2.45) is 0 Å². The maximum atomic E-state index is 13.1. The van der Waals surface area contributed by atoms with Crippen LogP contribution in [0.4, 0.5) is 0 Å². The zero-order valence-electron chi connectivity index (χ0n) is 13.4. The van der Waals surface area contributed by atoms with Gasteiger partial charge in [0.25, 0.3) is 5.91 Å². The molecule has 6 nitrogen and oxygen atoms in total. The third-order valence-electron chi connectivity index (χ3n) is 5.07. The number of aromatic nitrogens is 2. The van der Waals surface area contributed by atoms with E-state index in [1.54, 1.807) is 7.11 Å². The summed E-state index contributed by atoms with van der Waals surface area (Å²) in [5.41, 5.74) is 2.23. The molecule has 2 aromatic heterocycles. The van der Waals surface area contributed by atoms with Gasteiger partial charge in [0.1, 0.15) is 17.4 Å². The number of nitrogens with zero attached hydrogens (tertiary/aromatic N) is 3. The smallest absolute Gasteiger partial charge is 0.274 e. The zero-order valence-corrected chi connectivity index (χ0v) is 13.4. The molecule has 2 fully saturated rings. The van der Waals surface area contributed by atoms with E-state index in [-0.39, 0.29) is 24.2 Å². The highest BCUT2D eigenvalue weighted by Crippen LogP contribution is 2.32. The predicted octanol–water partition coefficient (Wildman–Crippen LogP) is 1.66. The molecule has 3 atom stereocenters. The third kappa shape index (κ3) is 2.24. The van der Waals surface area contributed by atoms with Crippen molar-refractivity contribution in [3.63, 3.8) is 0 Å². The van der Waals surface area contributed by atoms with Crippen molar-refractivity contribution in [2.75, 3.05) is 20.3 Å². The van der Waals surface area contributed by atoms with Gasteiger partial charge in [0.2, 0.25) is 0 Å². The number of pyridine rings is 1. The molecular formula is C17H21N3O3. The van der Waals surface area contributed by atoms with Crippen LogP contribution < -0.4 is 0 Å². The molecule has 6 heteroatoms. The lowest BCUT2D eigenvalue weighted by molar-refractivity contribution is -0.0947. The Labute approximate surface area is 135 Å². The number of imidazole rings is 1. The Bertz CT molecular complexity index is 742. The van der Waals surface area contributed by atoms with E-state index >= 15 is 0 Å². The van der Waals surface area contributed by atoms with Gasteiger partial charge < -0.3 is 18.8 Å². The molecule has 0 aromatic carbocycles.